The zero-order chi connectivity index (χ0) is 16.4. The summed E-state index contributed by atoms with van der Waals surface area (Å²) in [7, 11) is 0. The van der Waals surface area contributed by atoms with Crippen molar-refractivity contribution >= 4 is 11.6 Å². The maximum Gasteiger partial charge on any atom is 0.312 e. The lowest BCUT2D eigenvalue weighted by Crippen LogP contribution is -2.11. The van der Waals surface area contributed by atoms with Gasteiger partial charge in [0, 0.05) is 6.20 Å². The van der Waals surface area contributed by atoms with Gasteiger partial charge in [0.2, 0.25) is 0 Å². The highest BCUT2D eigenvalue weighted by molar-refractivity contribution is 5.76. The minimum atomic E-state index is -0.870. The Labute approximate surface area is 134 Å². The number of carboxylic acids is 1. The standard InChI is InChI=1S/C18H18N2O3/c1-12(18(21)22)16-13(2)19-17-15(9-6-10-20(16)17)23-11-14-7-4-3-5-8-14/h3-10,12H,11H2,1-2H3,(H,21,22). The van der Waals surface area contributed by atoms with Crippen molar-refractivity contribution in [2.24, 2.45) is 0 Å². The predicted octanol–water partition coefficient (Wildman–Crippen LogP) is 3.41. The van der Waals surface area contributed by atoms with Crippen LogP contribution < -0.4 is 4.74 Å². The molecule has 0 fully saturated rings. The molecule has 0 aliphatic heterocycles. The third-order valence-corrected chi connectivity index (χ3v) is 3.85. The molecule has 1 N–H and O–H groups in total. The van der Waals surface area contributed by atoms with Gasteiger partial charge in [-0.15, -0.1) is 0 Å². The number of aryl methyl sites for hydroxylation is 1. The van der Waals surface area contributed by atoms with Crippen molar-refractivity contribution in [1.82, 2.24) is 9.38 Å². The number of hydrogen-bond donors (Lipinski definition) is 1. The SMILES string of the molecule is Cc1nc2c(OCc3ccccc3)cccn2c1C(C)C(=O)O. The number of ether oxygens (including phenoxy) is 1. The van der Waals surface area contributed by atoms with Crippen molar-refractivity contribution in [3.63, 3.8) is 0 Å². The average molecular weight is 310 g/mol. The van der Waals surface area contributed by atoms with Gasteiger partial charge in [-0.1, -0.05) is 30.3 Å². The molecule has 23 heavy (non-hydrogen) atoms. The molecule has 0 amide bonds. The quantitative estimate of drug-likeness (QED) is 0.784. The highest BCUT2D eigenvalue weighted by atomic mass is 16.5. The molecule has 3 rings (SSSR count). The molecule has 3 aromatic rings. The lowest BCUT2D eigenvalue weighted by atomic mass is 10.1. The molecule has 0 saturated heterocycles. The molecule has 0 aliphatic rings. The number of carboxylic acid groups (broad SMARTS) is 1. The summed E-state index contributed by atoms with van der Waals surface area (Å²) in [6, 6.07) is 13.6. The lowest BCUT2D eigenvalue weighted by molar-refractivity contribution is -0.138. The Hall–Kier alpha value is -2.82. The maximum absolute atomic E-state index is 11.3. The summed E-state index contributed by atoms with van der Waals surface area (Å²) in [4.78, 5) is 15.8. The Morgan fingerprint density at radius 1 is 1.26 bits per heavy atom. The van der Waals surface area contributed by atoms with Crippen molar-refractivity contribution in [3.8, 4) is 5.75 Å². The predicted molar refractivity (Wildman–Crippen MR) is 86.8 cm³/mol. The Balaban J connectivity index is 1.96. The first-order chi connectivity index (χ1) is 11.1. The summed E-state index contributed by atoms with van der Waals surface area (Å²) in [6.45, 7) is 3.93. The molecule has 2 aromatic heterocycles. The van der Waals surface area contributed by atoms with Crippen LogP contribution >= 0.6 is 0 Å². The molecule has 1 atom stereocenters. The normalized spacial score (nSPS) is 12.3. The molecular weight excluding hydrogens is 292 g/mol. The van der Waals surface area contributed by atoms with Crippen molar-refractivity contribution in [2.75, 3.05) is 0 Å². The summed E-state index contributed by atoms with van der Waals surface area (Å²) in [5, 5.41) is 9.29. The lowest BCUT2D eigenvalue weighted by Gasteiger charge is -2.10. The van der Waals surface area contributed by atoms with Crippen molar-refractivity contribution in [2.45, 2.75) is 26.4 Å². The highest BCUT2D eigenvalue weighted by Gasteiger charge is 2.22. The number of pyridine rings is 1. The molecule has 0 bridgehead atoms. The van der Waals surface area contributed by atoms with Crippen LogP contribution in [0.4, 0.5) is 0 Å². The van der Waals surface area contributed by atoms with Crippen LogP contribution in [-0.4, -0.2) is 20.5 Å². The van der Waals surface area contributed by atoms with E-state index in [0.29, 0.717) is 29.4 Å². The fourth-order valence-corrected chi connectivity index (χ4v) is 2.66. The van der Waals surface area contributed by atoms with E-state index in [0.717, 1.165) is 5.56 Å². The van der Waals surface area contributed by atoms with Gasteiger partial charge < -0.3 is 9.84 Å². The van der Waals surface area contributed by atoms with E-state index in [9.17, 15) is 9.90 Å². The van der Waals surface area contributed by atoms with Crippen LogP contribution in [0, 0.1) is 6.92 Å². The number of aliphatic carboxylic acids is 1. The maximum atomic E-state index is 11.3. The summed E-state index contributed by atoms with van der Waals surface area (Å²) < 4.78 is 7.68. The highest BCUT2D eigenvalue weighted by Crippen LogP contribution is 2.27. The topological polar surface area (TPSA) is 63.8 Å². The molecule has 0 spiro atoms. The van der Waals surface area contributed by atoms with Gasteiger partial charge in [-0.2, -0.15) is 0 Å². The number of hydrogen-bond acceptors (Lipinski definition) is 3. The Morgan fingerprint density at radius 3 is 2.70 bits per heavy atom. The molecular formula is C18H18N2O3. The summed E-state index contributed by atoms with van der Waals surface area (Å²) >= 11 is 0. The van der Waals surface area contributed by atoms with Crippen LogP contribution in [0.25, 0.3) is 5.65 Å². The molecule has 5 heteroatoms. The Morgan fingerprint density at radius 2 is 2.00 bits per heavy atom. The van der Waals surface area contributed by atoms with Gasteiger partial charge in [0.15, 0.2) is 11.4 Å². The number of aromatic nitrogens is 2. The van der Waals surface area contributed by atoms with E-state index in [-0.39, 0.29) is 0 Å². The number of carbonyl (C=O) groups is 1. The first kappa shape index (κ1) is 15.1. The zero-order valence-electron chi connectivity index (χ0n) is 13.1. The first-order valence-electron chi connectivity index (χ1n) is 7.45. The second-order valence-electron chi connectivity index (χ2n) is 5.48. The molecule has 0 aliphatic carbocycles. The molecule has 5 nitrogen and oxygen atoms in total. The van der Waals surface area contributed by atoms with Gasteiger partial charge in [0.25, 0.3) is 0 Å². The number of nitrogens with zero attached hydrogens (tertiary/aromatic N) is 2. The van der Waals surface area contributed by atoms with Gasteiger partial charge in [0.05, 0.1) is 17.3 Å². The molecule has 2 heterocycles. The van der Waals surface area contributed by atoms with Crippen molar-refractivity contribution in [1.29, 1.82) is 0 Å². The number of rotatable bonds is 5. The van der Waals surface area contributed by atoms with E-state index in [1.54, 1.807) is 11.3 Å². The molecule has 0 saturated carbocycles. The minimum absolute atomic E-state index is 0.441. The fourth-order valence-electron chi connectivity index (χ4n) is 2.66. The van der Waals surface area contributed by atoms with Crippen molar-refractivity contribution in [3.05, 3.63) is 65.6 Å². The molecule has 1 aromatic carbocycles. The van der Waals surface area contributed by atoms with Crippen LogP contribution in [0.1, 0.15) is 29.8 Å². The second kappa shape index (κ2) is 6.12. The van der Waals surface area contributed by atoms with Crippen LogP contribution in [0.2, 0.25) is 0 Å². The second-order valence-corrected chi connectivity index (χ2v) is 5.48. The first-order valence-corrected chi connectivity index (χ1v) is 7.45. The smallest absolute Gasteiger partial charge is 0.312 e. The third kappa shape index (κ3) is 2.90. The zero-order valence-corrected chi connectivity index (χ0v) is 13.1. The largest absolute Gasteiger partial charge is 0.485 e. The van der Waals surface area contributed by atoms with Crippen LogP contribution in [0.3, 0.4) is 0 Å². The Bertz CT molecular complexity index is 840. The van der Waals surface area contributed by atoms with Crippen molar-refractivity contribution < 1.29 is 14.6 Å². The summed E-state index contributed by atoms with van der Waals surface area (Å²) in [5.74, 6) is -0.858. The van der Waals surface area contributed by atoms with Gasteiger partial charge in [-0.05, 0) is 31.5 Å². The van der Waals surface area contributed by atoms with E-state index < -0.39 is 11.9 Å². The number of imidazole rings is 1. The number of fused-ring (bicyclic) bond motifs is 1. The molecule has 118 valence electrons. The molecule has 1 unspecified atom stereocenters. The van der Waals surface area contributed by atoms with Gasteiger partial charge >= 0.3 is 5.97 Å². The van der Waals surface area contributed by atoms with E-state index in [1.165, 1.54) is 0 Å². The number of benzene rings is 1. The fraction of sp³-hybridized carbons (Fsp3) is 0.222. The van der Waals surface area contributed by atoms with Gasteiger partial charge in [0.1, 0.15) is 6.61 Å². The van der Waals surface area contributed by atoms with E-state index in [1.807, 2.05) is 55.6 Å². The van der Waals surface area contributed by atoms with E-state index in [2.05, 4.69) is 4.98 Å². The summed E-state index contributed by atoms with van der Waals surface area (Å²) in [5.41, 5.74) is 3.09. The minimum Gasteiger partial charge on any atom is -0.485 e. The summed E-state index contributed by atoms with van der Waals surface area (Å²) in [6.07, 6.45) is 1.82. The van der Waals surface area contributed by atoms with Crippen LogP contribution in [0.5, 0.6) is 5.75 Å². The van der Waals surface area contributed by atoms with Gasteiger partial charge in [-0.3, -0.25) is 9.20 Å². The molecule has 0 radical (unpaired) electrons. The van der Waals surface area contributed by atoms with E-state index >= 15 is 0 Å². The van der Waals surface area contributed by atoms with Gasteiger partial charge in [-0.25, -0.2) is 4.98 Å². The monoisotopic (exact) mass is 310 g/mol. The average Bonchev–Trinajstić information content (AvgIpc) is 2.89. The van der Waals surface area contributed by atoms with Crippen LogP contribution in [0.15, 0.2) is 48.7 Å². The Kier molecular flexibility index (Phi) is 4.02. The van der Waals surface area contributed by atoms with Crippen LogP contribution in [-0.2, 0) is 11.4 Å². The van der Waals surface area contributed by atoms with E-state index in [4.69, 9.17) is 4.74 Å². The third-order valence-electron chi connectivity index (χ3n) is 3.85.